The number of aryl methyl sites for hydroxylation is 2. The second kappa shape index (κ2) is 11.4. The fraction of sp³-hybridized carbons (Fsp3) is 0.172. The van der Waals surface area contributed by atoms with Crippen molar-refractivity contribution >= 4 is 39.9 Å². The van der Waals surface area contributed by atoms with Crippen LogP contribution < -0.4 is 9.64 Å². The normalized spacial score (nSPS) is 16.3. The van der Waals surface area contributed by atoms with Gasteiger partial charge in [-0.15, -0.1) is 0 Å². The van der Waals surface area contributed by atoms with E-state index in [4.69, 9.17) is 9.47 Å². The Bertz CT molecular complexity index is 1530. The van der Waals surface area contributed by atoms with E-state index >= 15 is 4.39 Å². The first-order valence-corrected chi connectivity index (χ1v) is 12.7. The van der Waals surface area contributed by atoms with Crippen molar-refractivity contribution in [3.63, 3.8) is 0 Å². The van der Waals surface area contributed by atoms with E-state index in [0.29, 0.717) is 11.3 Å². The zero-order valence-corrected chi connectivity index (χ0v) is 22.1. The standard InChI is InChI=1S/C29H25FN2O6S/c1-5-13-37-21-12-11-18(15-16(21)3)24(33)22-23(19-9-7-8-10-20(19)30)32(27(35)25(22)34)29-31-17(4)26(39-29)28(36)38-14-6-2/h5-12,15,23,33H,1-2,13-14H2,3-4H3/t23-/m0/s1. The molecule has 0 spiro atoms. The molecule has 1 atom stereocenters. The highest BCUT2D eigenvalue weighted by Gasteiger charge is 2.49. The zero-order valence-electron chi connectivity index (χ0n) is 21.3. The molecule has 4 rings (SSSR count). The minimum atomic E-state index is -1.34. The van der Waals surface area contributed by atoms with Gasteiger partial charge in [-0.2, -0.15) is 0 Å². The largest absolute Gasteiger partial charge is 0.507 e. The number of benzene rings is 2. The molecule has 3 aromatic rings. The third-order valence-corrected chi connectivity index (χ3v) is 7.10. The Kier molecular flexibility index (Phi) is 8.06. The molecule has 1 aromatic heterocycles. The summed E-state index contributed by atoms with van der Waals surface area (Å²) >= 11 is 0.829. The molecular weight excluding hydrogens is 523 g/mol. The van der Waals surface area contributed by atoms with Crippen molar-refractivity contribution in [3.8, 4) is 5.75 Å². The Morgan fingerprint density at radius 2 is 1.87 bits per heavy atom. The number of ether oxygens (including phenoxy) is 2. The lowest BCUT2D eigenvalue weighted by molar-refractivity contribution is -0.132. The lowest BCUT2D eigenvalue weighted by Crippen LogP contribution is -2.29. The van der Waals surface area contributed by atoms with Crippen LogP contribution in [0, 0.1) is 19.7 Å². The SMILES string of the molecule is C=CCOC(=O)c1sc(N2C(=O)C(=O)C(=C(O)c3ccc(OCC=C)c(C)c3)[C@@H]2c2ccccc2F)nc1C. The molecule has 1 N–H and O–H groups in total. The molecule has 1 fully saturated rings. The molecule has 2 heterocycles. The molecule has 0 bridgehead atoms. The predicted octanol–water partition coefficient (Wildman–Crippen LogP) is 5.43. The Morgan fingerprint density at radius 3 is 2.54 bits per heavy atom. The van der Waals surface area contributed by atoms with Crippen molar-refractivity contribution in [1.29, 1.82) is 0 Å². The van der Waals surface area contributed by atoms with Crippen molar-refractivity contribution in [3.05, 3.63) is 106 Å². The van der Waals surface area contributed by atoms with Crippen molar-refractivity contribution in [2.24, 2.45) is 0 Å². The van der Waals surface area contributed by atoms with Crippen LogP contribution in [0.1, 0.15) is 38.1 Å². The van der Waals surface area contributed by atoms with Crippen LogP contribution in [-0.2, 0) is 14.3 Å². The average molecular weight is 549 g/mol. The van der Waals surface area contributed by atoms with Crippen LogP contribution >= 0.6 is 11.3 Å². The number of amides is 1. The van der Waals surface area contributed by atoms with Gasteiger partial charge in [0.1, 0.15) is 41.5 Å². The van der Waals surface area contributed by atoms with Gasteiger partial charge in [-0.3, -0.25) is 14.5 Å². The molecule has 1 saturated heterocycles. The van der Waals surface area contributed by atoms with Gasteiger partial charge >= 0.3 is 11.9 Å². The maximum absolute atomic E-state index is 15.1. The minimum Gasteiger partial charge on any atom is -0.507 e. The van der Waals surface area contributed by atoms with Crippen molar-refractivity contribution in [1.82, 2.24) is 4.98 Å². The van der Waals surface area contributed by atoms with Crippen molar-refractivity contribution in [2.45, 2.75) is 19.9 Å². The summed E-state index contributed by atoms with van der Waals surface area (Å²) in [6.45, 7) is 10.7. The minimum absolute atomic E-state index is 0.0168. The molecule has 1 aliphatic rings. The van der Waals surface area contributed by atoms with Crippen molar-refractivity contribution in [2.75, 3.05) is 18.1 Å². The number of aromatic nitrogens is 1. The van der Waals surface area contributed by atoms with Crippen LogP contribution in [0.15, 0.2) is 73.3 Å². The van der Waals surface area contributed by atoms with E-state index in [-0.39, 0.29) is 45.6 Å². The van der Waals surface area contributed by atoms with Gasteiger partial charge in [0.25, 0.3) is 5.78 Å². The van der Waals surface area contributed by atoms with Crippen LogP contribution in [0.2, 0.25) is 0 Å². The summed E-state index contributed by atoms with van der Waals surface area (Å²) in [7, 11) is 0. The van der Waals surface area contributed by atoms with Crippen LogP contribution in [0.3, 0.4) is 0 Å². The molecule has 39 heavy (non-hydrogen) atoms. The van der Waals surface area contributed by atoms with Gasteiger partial charge in [0.15, 0.2) is 5.13 Å². The van der Waals surface area contributed by atoms with E-state index in [1.165, 1.54) is 30.3 Å². The third-order valence-electron chi connectivity index (χ3n) is 5.96. The van der Waals surface area contributed by atoms with E-state index in [1.807, 2.05) is 0 Å². The number of hydrogen-bond acceptors (Lipinski definition) is 8. The van der Waals surface area contributed by atoms with E-state index < -0.39 is 35.3 Å². The van der Waals surface area contributed by atoms with Gasteiger partial charge in [0, 0.05) is 11.1 Å². The number of carbonyl (C=O) groups excluding carboxylic acids is 3. The number of nitrogens with zero attached hydrogens (tertiary/aromatic N) is 2. The Morgan fingerprint density at radius 1 is 1.15 bits per heavy atom. The number of halogens is 1. The van der Waals surface area contributed by atoms with E-state index in [2.05, 4.69) is 18.1 Å². The number of anilines is 1. The van der Waals surface area contributed by atoms with Crippen molar-refractivity contribution < 1.29 is 33.4 Å². The molecule has 1 aliphatic heterocycles. The molecule has 1 amide bonds. The van der Waals surface area contributed by atoms with Gasteiger partial charge in [-0.25, -0.2) is 14.2 Å². The maximum Gasteiger partial charge on any atom is 0.350 e. The van der Waals surface area contributed by atoms with E-state index in [0.717, 1.165) is 16.2 Å². The Balaban J connectivity index is 1.87. The highest BCUT2D eigenvalue weighted by Crippen LogP contribution is 2.44. The van der Waals surface area contributed by atoms with Crippen LogP contribution in [0.5, 0.6) is 5.75 Å². The number of ketones is 1. The summed E-state index contributed by atoms with van der Waals surface area (Å²) < 4.78 is 25.8. The lowest BCUT2D eigenvalue weighted by Gasteiger charge is -2.23. The molecule has 0 unspecified atom stereocenters. The van der Waals surface area contributed by atoms with E-state index in [9.17, 15) is 19.5 Å². The first-order chi connectivity index (χ1) is 18.7. The number of hydrogen-bond donors (Lipinski definition) is 1. The number of esters is 1. The molecule has 8 nitrogen and oxygen atoms in total. The number of aliphatic hydroxyl groups is 1. The van der Waals surface area contributed by atoms with Crippen LogP contribution in [-0.4, -0.2) is 41.0 Å². The fourth-order valence-corrected chi connectivity index (χ4v) is 5.15. The maximum atomic E-state index is 15.1. The highest BCUT2D eigenvalue weighted by molar-refractivity contribution is 7.17. The molecular formula is C29H25FN2O6S. The molecule has 0 saturated carbocycles. The second-order valence-corrected chi connectivity index (χ2v) is 9.55. The monoisotopic (exact) mass is 548 g/mol. The van der Waals surface area contributed by atoms with Crippen LogP contribution in [0.4, 0.5) is 9.52 Å². The van der Waals surface area contributed by atoms with Gasteiger partial charge in [0.05, 0.1) is 11.3 Å². The molecule has 0 aliphatic carbocycles. The van der Waals surface area contributed by atoms with Crippen LogP contribution in [0.25, 0.3) is 5.76 Å². The van der Waals surface area contributed by atoms with Gasteiger partial charge in [-0.05, 0) is 43.7 Å². The third kappa shape index (κ3) is 5.23. The molecule has 0 radical (unpaired) electrons. The first-order valence-electron chi connectivity index (χ1n) is 11.8. The number of rotatable bonds is 9. The number of aliphatic hydroxyl groups excluding tert-OH is 1. The summed E-state index contributed by atoms with van der Waals surface area (Å²) in [5.41, 5.74) is 0.832. The lowest BCUT2D eigenvalue weighted by atomic mass is 9.94. The van der Waals surface area contributed by atoms with E-state index in [1.54, 1.807) is 38.1 Å². The fourth-order valence-electron chi connectivity index (χ4n) is 4.16. The zero-order chi connectivity index (χ0) is 28.3. The average Bonchev–Trinajstić information content (AvgIpc) is 3.42. The Labute approximate surface area is 228 Å². The van der Waals surface area contributed by atoms with Gasteiger partial charge in [0.2, 0.25) is 0 Å². The second-order valence-electron chi connectivity index (χ2n) is 8.57. The Hall–Kier alpha value is -4.57. The number of carbonyl (C=O) groups is 3. The molecule has 10 heteroatoms. The summed E-state index contributed by atoms with van der Waals surface area (Å²) in [4.78, 5) is 44.7. The summed E-state index contributed by atoms with van der Waals surface area (Å²) in [6, 6.07) is 9.05. The summed E-state index contributed by atoms with van der Waals surface area (Å²) in [5.74, 6) is -3.35. The number of Topliss-reactive ketones (excluding diaryl/α,β-unsaturated/α-hetero) is 1. The molecule has 200 valence electrons. The predicted molar refractivity (Wildman–Crippen MR) is 145 cm³/mol. The quantitative estimate of drug-likeness (QED) is 0.125. The smallest absolute Gasteiger partial charge is 0.350 e. The van der Waals surface area contributed by atoms with Gasteiger partial charge in [-0.1, -0.05) is 54.8 Å². The topological polar surface area (TPSA) is 106 Å². The van der Waals surface area contributed by atoms with Gasteiger partial charge < -0.3 is 14.6 Å². The highest BCUT2D eigenvalue weighted by atomic mass is 32.1. The summed E-state index contributed by atoms with van der Waals surface area (Å²) in [5, 5.41) is 11.3. The summed E-state index contributed by atoms with van der Waals surface area (Å²) in [6.07, 6.45) is 3.00. The number of thiazole rings is 1. The first kappa shape index (κ1) is 27.5. The molecule has 2 aromatic carbocycles.